The Hall–Kier alpha value is -1.32. The summed E-state index contributed by atoms with van der Waals surface area (Å²) in [7, 11) is 0. The molecule has 3 aliphatic rings. The van der Waals surface area contributed by atoms with Crippen LogP contribution in [0.3, 0.4) is 0 Å². The summed E-state index contributed by atoms with van der Waals surface area (Å²) in [6.45, 7) is 0.875. The summed E-state index contributed by atoms with van der Waals surface area (Å²) in [5.74, 6) is 2.13. The Labute approximate surface area is 189 Å². The van der Waals surface area contributed by atoms with Crippen LogP contribution in [-0.4, -0.2) is 22.3 Å². The van der Waals surface area contributed by atoms with Crippen molar-refractivity contribution in [3.05, 3.63) is 17.8 Å². The molecular formula is C27H44N2O2. The molecule has 1 aliphatic heterocycles. The smallest absolute Gasteiger partial charge is 0.226 e. The second-order valence-electron chi connectivity index (χ2n) is 10.5. The molecule has 1 aromatic rings. The van der Waals surface area contributed by atoms with E-state index in [9.17, 15) is 4.79 Å². The third-order valence-electron chi connectivity index (χ3n) is 8.07. The van der Waals surface area contributed by atoms with E-state index in [-0.39, 0.29) is 12.0 Å². The van der Waals surface area contributed by atoms with E-state index in [1.54, 1.807) is 0 Å². The molecule has 1 saturated heterocycles. The number of rotatable bonds is 4. The van der Waals surface area contributed by atoms with E-state index in [0.717, 1.165) is 56.2 Å². The lowest BCUT2D eigenvalue weighted by molar-refractivity contribution is -0.137. The van der Waals surface area contributed by atoms with Crippen molar-refractivity contribution in [3.63, 3.8) is 0 Å². The fourth-order valence-electron chi connectivity index (χ4n) is 6.19. The van der Waals surface area contributed by atoms with E-state index in [4.69, 9.17) is 9.40 Å². The van der Waals surface area contributed by atoms with Gasteiger partial charge in [0.1, 0.15) is 12.3 Å². The SMILES string of the molecule is O=C(C1CCCCCCCC1)N1CCCC1c1nc(CC2CCCCCCCC2)co1. The van der Waals surface area contributed by atoms with E-state index >= 15 is 0 Å². The van der Waals surface area contributed by atoms with Crippen LogP contribution in [0, 0.1) is 11.8 Å². The number of nitrogens with zero attached hydrogens (tertiary/aromatic N) is 2. The summed E-state index contributed by atoms with van der Waals surface area (Å²) in [5.41, 5.74) is 1.11. The maximum atomic E-state index is 13.4. The third kappa shape index (κ3) is 6.58. The van der Waals surface area contributed by atoms with Gasteiger partial charge in [-0.3, -0.25) is 4.79 Å². The molecule has 2 aliphatic carbocycles. The molecule has 2 heterocycles. The van der Waals surface area contributed by atoms with Crippen molar-refractivity contribution in [2.75, 3.05) is 6.54 Å². The van der Waals surface area contributed by atoms with Gasteiger partial charge in [-0.15, -0.1) is 0 Å². The van der Waals surface area contributed by atoms with Gasteiger partial charge in [0.25, 0.3) is 0 Å². The van der Waals surface area contributed by atoms with Crippen molar-refractivity contribution in [3.8, 4) is 0 Å². The fourth-order valence-corrected chi connectivity index (χ4v) is 6.19. The molecule has 1 unspecified atom stereocenters. The molecule has 2 saturated carbocycles. The van der Waals surface area contributed by atoms with Crippen LogP contribution in [0.2, 0.25) is 0 Å². The molecule has 1 aromatic heterocycles. The molecule has 1 amide bonds. The second kappa shape index (κ2) is 12.1. The number of hydrogen-bond acceptors (Lipinski definition) is 3. The van der Waals surface area contributed by atoms with Crippen molar-refractivity contribution in [1.29, 1.82) is 0 Å². The first kappa shape index (κ1) is 22.9. The Balaban J connectivity index is 1.37. The van der Waals surface area contributed by atoms with Gasteiger partial charge in [0.15, 0.2) is 0 Å². The Morgan fingerprint density at radius 1 is 0.806 bits per heavy atom. The summed E-state index contributed by atoms with van der Waals surface area (Å²) in [5, 5.41) is 0. The van der Waals surface area contributed by atoms with Crippen LogP contribution >= 0.6 is 0 Å². The van der Waals surface area contributed by atoms with Crippen molar-refractivity contribution in [1.82, 2.24) is 9.88 Å². The van der Waals surface area contributed by atoms with Crippen LogP contribution in [0.4, 0.5) is 0 Å². The first-order valence-corrected chi connectivity index (χ1v) is 13.6. The molecule has 174 valence electrons. The molecule has 0 N–H and O–H groups in total. The van der Waals surface area contributed by atoms with E-state index in [1.165, 1.54) is 89.9 Å². The lowest BCUT2D eigenvalue weighted by atomic mass is 9.92. The van der Waals surface area contributed by atoms with Gasteiger partial charge in [-0.2, -0.15) is 0 Å². The minimum atomic E-state index is 0.0643. The third-order valence-corrected chi connectivity index (χ3v) is 8.07. The molecule has 0 spiro atoms. The average molecular weight is 429 g/mol. The molecule has 4 rings (SSSR count). The van der Waals surface area contributed by atoms with E-state index in [1.807, 2.05) is 6.26 Å². The number of aromatic nitrogens is 1. The predicted octanol–water partition coefficient (Wildman–Crippen LogP) is 7.38. The van der Waals surface area contributed by atoms with Crippen molar-refractivity contribution in [2.24, 2.45) is 11.8 Å². The van der Waals surface area contributed by atoms with Gasteiger partial charge in [0, 0.05) is 12.5 Å². The number of amides is 1. The first-order valence-electron chi connectivity index (χ1n) is 13.6. The van der Waals surface area contributed by atoms with Crippen LogP contribution < -0.4 is 0 Å². The lowest BCUT2D eigenvalue weighted by Gasteiger charge is -2.27. The molecule has 3 fully saturated rings. The minimum Gasteiger partial charge on any atom is -0.446 e. The highest BCUT2D eigenvalue weighted by molar-refractivity contribution is 5.79. The van der Waals surface area contributed by atoms with Crippen LogP contribution in [0.15, 0.2) is 10.7 Å². The van der Waals surface area contributed by atoms with Crippen molar-refractivity contribution < 1.29 is 9.21 Å². The normalized spacial score (nSPS) is 25.8. The number of carbonyl (C=O) groups is 1. The van der Waals surface area contributed by atoms with E-state index in [0.29, 0.717) is 5.91 Å². The van der Waals surface area contributed by atoms with Crippen molar-refractivity contribution in [2.45, 2.75) is 128 Å². The summed E-state index contributed by atoms with van der Waals surface area (Å²) in [4.78, 5) is 20.5. The zero-order valence-electron chi connectivity index (χ0n) is 19.7. The zero-order chi connectivity index (χ0) is 21.3. The summed E-state index contributed by atoms with van der Waals surface area (Å²) < 4.78 is 6.00. The Bertz CT molecular complexity index is 650. The summed E-state index contributed by atoms with van der Waals surface area (Å²) >= 11 is 0. The number of likely N-dealkylation sites (tertiary alicyclic amines) is 1. The minimum absolute atomic E-state index is 0.0643. The highest BCUT2D eigenvalue weighted by atomic mass is 16.3. The van der Waals surface area contributed by atoms with Gasteiger partial charge in [-0.1, -0.05) is 89.9 Å². The van der Waals surface area contributed by atoms with Crippen molar-refractivity contribution >= 4 is 5.91 Å². The summed E-state index contributed by atoms with van der Waals surface area (Å²) in [6.07, 6.45) is 25.8. The van der Waals surface area contributed by atoms with Gasteiger partial charge in [-0.05, 0) is 38.0 Å². The monoisotopic (exact) mass is 428 g/mol. The van der Waals surface area contributed by atoms with Gasteiger partial charge in [0.05, 0.1) is 5.69 Å². The molecule has 0 bridgehead atoms. The second-order valence-corrected chi connectivity index (χ2v) is 10.5. The quantitative estimate of drug-likeness (QED) is 0.502. The number of carbonyl (C=O) groups excluding carboxylic acids is 1. The van der Waals surface area contributed by atoms with Crippen LogP contribution in [0.1, 0.15) is 133 Å². The zero-order valence-corrected chi connectivity index (χ0v) is 19.7. The van der Waals surface area contributed by atoms with Crippen LogP contribution in [0.25, 0.3) is 0 Å². The standard InChI is InChI=1S/C27H44N2O2/c30-27(23-16-11-7-3-4-8-12-17-23)29-19-13-18-25(29)26-28-24(21-31-26)20-22-14-9-5-1-2-6-10-15-22/h21-23,25H,1-20H2. The van der Waals surface area contributed by atoms with E-state index < -0.39 is 0 Å². The van der Waals surface area contributed by atoms with Gasteiger partial charge in [-0.25, -0.2) is 4.98 Å². The number of oxazole rings is 1. The number of hydrogen-bond donors (Lipinski definition) is 0. The maximum Gasteiger partial charge on any atom is 0.226 e. The maximum absolute atomic E-state index is 13.4. The Morgan fingerprint density at radius 3 is 2.03 bits per heavy atom. The lowest BCUT2D eigenvalue weighted by Crippen LogP contribution is -2.36. The average Bonchev–Trinajstić information content (AvgIpc) is 3.46. The molecule has 0 radical (unpaired) electrons. The van der Waals surface area contributed by atoms with Gasteiger partial charge < -0.3 is 9.32 Å². The largest absolute Gasteiger partial charge is 0.446 e. The highest BCUT2D eigenvalue weighted by Crippen LogP contribution is 2.35. The topological polar surface area (TPSA) is 46.3 Å². The van der Waals surface area contributed by atoms with Crippen LogP contribution in [0.5, 0.6) is 0 Å². The molecule has 4 heteroatoms. The summed E-state index contributed by atoms with van der Waals surface area (Å²) in [6, 6.07) is 0.0643. The fraction of sp³-hybridized carbons (Fsp3) is 0.852. The highest BCUT2D eigenvalue weighted by Gasteiger charge is 2.36. The molecular weight excluding hydrogens is 384 g/mol. The Kier molecular flexibility index (Phi) is 8.90. The van der Waals surface area contributed by atoms with Gasteiger partial charge in [0.2, 0.25) is 11.8 Å². The Morgan fingerprint density at radius 2 is 1.39 bits per heavy atom. The first-order chi connectivity index (χ1) is 15.3. The molecule has 0 aromatic carbocycles. The molecule has 31 heavy (non-hydrogen) atoms. The van der Waals surface area contributed by atoms with Gasteiger partial charge >= 0.3 is 0 Å². The van der Waals surface area contributed by atoms with E-state index in [2.05, 4.69) is 4.90 Å². The predicted molar refractivity (Wildman–Crippen MR) is 125 cm³/mol. The molecule has 1 atom stereocenters. The van der Waals surface area contributed by atoms with Crippen LogP contribution in [-0.2, 0) is 11.2 Å². The molecule has 4 nitrogen and oxygen atoms in total.